The van der Waals surface area contributed by atoms with E-state index in [-0.39, 0.29) is 5.91 Å². The highest BCUT2D eigenvalue weighted by Crippen LogP contribution is 2.16. The minimum Gasteiger partial charge on any atom is -0.391 e. The molecule has 0 aliphatic carbocycles. The number of hydrogen-bond acceptors (Lipinski definition) is 4. The van der Waals surface area contributed by atoms with E-state index in [4.69, 9.17) is 0 Å². The molecule has 6 nitrogen and oxygen atoms in total. The van der Waals surface area contributed by atoms with Gasteiger partial charge in [-0.05, 0) is 57.8 Å². The van der Waals surface area contributed by atoms with Crippen LogP contribution in [0, 0.1) is 0 Å². The summed E-state index contributed by atoms with van der Waals surface area (Å²) in [6.45, 7) is 4.43. The summed E-state index contributed by atoms with van der Waals surface area (Å²) in [6.07, 6.45) is 58.9. The first-order chi connectivity index (χ1) is 27.3. The minimum absolute atomic E-state index is 0.257. The van der Waals surface area contributed by atoms with Gasteiger partial charge in [-0.1, -0.05) is 222 Å². The Balaban J connectivity index is 3.84. The summed E-state index contributed by atoms with van der Waals surface area (Å²) in [7, 11) is -4.32. The van der Waals surface area contributed by atoms with Crippen molar-refractivity contribution in [1.29, 1.82) is 0 Å². The van der Waals surface area contributed by atoms with Crippen LogP contribution >= 0.6 is 0 Å². The van der Waals surface area contributed by atoms with E-state index in [9.17, 15) is 22.9 Å². The molecule has 7 heteroatoms. The number of aliphatic hydroxyl groups is 1. The fraction of sp³-hybridized carbons (Fsp3) is 0.776. The zero-order valence-electron chi connectivity index (χ0n) is 36.5. The van der Waals surface area contributed by atoms with Crippen LogP contribution < -0.4 is 5.32 Å². The van der Waals surface area contributed by atoms with Gasteiger partial charge in [0.25, 0.3) is 10.1 Å². The second-order valence-corrected chi connectivity index (χ2v) is 17.5. The third kappa shape index (κ3) is 43.2. The maximum Gasteiger partial charge on any atom is 0.266 e. The Bertz CT molecular complexity index is 1110. The number of carbonyl (C=O) groups excluding carboxylic acids is 1. The van der Waals surface area contributed by atoms with Crippen molar-refractivity contribution in [3.8, 4) is 0 Å². The van der Waals surface area contributed by atoms with Crippen molar-refractivity contribution in [2.75, 3.05) is 5.75 Å². The van der Waals surface area contributed by atoms with Gasteiger partial charge < -0.3 is 10.4 Å². The third-order valence-corrected chi connectivity index (χ3v) is 11.3. The van der Waals surface area contributed by atoms with Crippen LogP contribution in [0.4, 0.5) is 0 Å². The number of allylic oxidation sites excluding steroid dienone is 10. The maximum atomic E-state index is 12.6. The van der Waals surface area contributed by atoms with E-state index in [0.29, 0.717) is 12.8 Å². The SMILES string of the molecule is CC/C=C\C/C=C\C/C=C\C/C=C\C/C=C\CCCCCCCCCC(=O)NC(CS(=O)(=O)O)C(O)CCCCCCCCCCCCCCCCCCCC. The molecule has 2 atom stereocenters. The number of nitrogens with one attached hydrogen (secondary N) is 1. The van der Waals surface area contributed by atoms with Gasteiger partial charge in [0.1, 0.15) is 0 Å². The Labute approximate surface area is 347 Å². The van der Waals surface area contributed by atoms with Crippen LogP contribution in [0.1, 0.15) is 226 Å². The average Bonchev–Trinajstić information content (AvgIpc) is 3.16. The quantitative estimate of drug-likeness (QED) is 0.0324. The van der Waals surface area contributed by atoms with E-state index >= 15 is 0 Å². The first-order valence-electron chi connectivity index (χ1n) is 23.5. The maximum absolute atomic E-state index is 12.6. The van der Waals surface area contributed by atoms with E-state index in [1.807, 2.05) is 0 Å². The van der Waals surface area contributed by atoms with Gasteiger partial charge in [-0.2, -0.15) is 8.42 Å². The van der Waals surface area contributed by atoms with Gasteiger partial charge in [0, 0.05) is 6.42 Å². The Morgan fingerprint density at radius 3 is 1.27 bits per heavy atom. The predicted octanol–water partition coefficient (Wildman–Crippen LogP) is 14.4. The van der Waals surface area contributed by atoms with E-state index in [2.05, 4.69) is 79.9 Å². The van der Waals surface area contributed by atoms with Crippen LogP contribution in [0.25, 0.3) is 0 Å². The van der Waals surface area contributed by atoms with Crippen molar-refractivity contribution in [3.63, 3.8) is 0 Å². The highest BCUT2D eigenvalue weighted by molar-refractivity contribution is 7.85. The lowest BCUT2D eigenvalue weighted by molar-refractivity contribution is -0.122. The van der Waals surface area contributed by atoms with Crippen molar-refractivity contribution in [1.82, 2.24) is 5.32 Å². The molecule has 0 radical (unpaired) electrons. The van der Waals surface area contributed by atoms with Crippen LogP contribution in [0.5, 0.6) is 0 Å². The Morgan fingerprint density at radius 2 is 0.857 bits per heavy atom. The van der Waals surface area contributed by atoms with Gasteiger partial charge in [-0.3, -0.25) is 9.35 Å². The number of unbranched alkanes of at least 4 members (excludes halogenated alkanes) is 24. The van der Waals surface area contributed by atoms with Gasteiger partial charge in [-0.15, -0.1) is 0 Å². The topological polar surface area (TPSA) is 104 Å². The van der Waals surface area contributed by atoms with Crippen LogP contribution in [-0.2, 0) is 14.9 Å². The van der Waals surface area contributed by atoms with Crippen LogP contribution in [0.2, 0.25) is 0 Å². The van der Waals surface area contributed by atoms with Crippen LogP contribution in [0.3, 0.4) is 0 Å². The Kier molecular flexibility index (Phi) is 41.1. The molecule has 0 aromatic rings. The molecule has 0 aliphatic heterocycles. The van der Waals surface area contributed by atoms with Crippen molar-refractivity contribution in [3.05, 3.63) is 60.8 Å². The number of carbonyl (C=O) groups is 1. The predicted molar refractivity (Wildman–Crippen MR) is 244 cm³/mol. The standard InChI is InChI=1S/C49H89NO5S/c1-3-5-7-9-11-13-15-17-19-21-23-24-25-26-27-29-31-33-35-37-39-41-43-45-49(52)50-47(46-56(53,54)55)48(51)44-42-40-38-36-34-32-30-28-22-20-18-16-14-12-10-8-6-4-2/h5,7,11,13,17,19,23-24,26-27,47-48,51H,3-4,6,8-10,12,14-16,18,20-22,25,28-46H2,1-2H3,(H,50,52)(H,53,54,55)/b7-5-,13-11-,19-17-,24-23-,27-26-. The largest absolute Gasteiger partial charge is 0.391 e. The average molecular weight is 804 g/mol. The zero-order valence-corrected chi connectivity index (χ0v) is 37.3. The highest BCUT2D eigenvalue weighted by Gasteiger charge is 2.26. The lowest BCUT2D eigenvalue weighted by Crippen LogP contribution is -2.47. The summed E-state index contributed by atoms with van der Waals surface area (Å²) in [5, 5.41) is 13.4. The highest BCUT2D eigenvalue weighted by atomic mass is 32.2. The Morgan fingerprint density at radius 1 is 0.500 bits per heavy atom. The summed E-state index contributed by atoms with van der Waals surface area (Å²) < 4.78 is 32.7. The van der Waals surface area contributed by atoms with Gasteiger partial charge in [0.2, 0.25) is 5.91 Å². The molecule has 0 aliphatic rings. The fourth-order valence-corrected chi connectivity index (χ4v) is 7.77. The molecule has 3 N–H and O–H groups in total. The van der Waals surface area contributed by atoms with Crippen molar-refractivity contribution >= 4 is 16.0 Å². The summed E-state index contributed by atoms with van der Waals surface area (Å²) in [5.74, 6) is -0.911. The van der Waals surface area contributed by atoms with Crippen LogP contribution in [-0.4, -0.2) is 41.9 Å². The molecule has 1 amide bonds. The summed E-state index contributed by atoms with van der Waals surface area (Å²) in [4.78, 5) is 12.6. The van der Waals surface area contributed by atoms with E-state index in [1.165, 1.54) is 116 Å². The second-order valence-electron chi connectivity index (χ2n) is 16.0. The molecule has 0 spiro atoms. The van der Waals surface area contributed by atoms with Gasteiger partial charge in [-0.25, -0.2) is 0 Å². The Hall–Kier alpha value is -1.96. The lowest BCUT2D eigenvalue weighted by atomic mass is 10.0. The molecule has 326 valence electrons. The monoisotopic (exact) mass is 804 g/mol. The smallest absolute Gasteiger partial charge is 0.266 e. The molecule has 0 aromatic carbocycles. The lowest BCUT2D eigenvalue weighted by Gasteiger charge is -2.23. The first kappa shape index (κ1) is 54.0. The second kappa shape index (κ2) is 42.6. The minimum atomic E-state index is -4.32. The van der Waals surface area contributed by atoms with Crippen molar-refractivity contribution in [2.45, 2.75) is 238 Å². The molecule has 0 aromatic heterocycles. The summed E-state index contributed by atoms with van der Waals surface area (Å²) in [5.41, 5.74) is 0. The van der Waals surface area contributed by atoms with Gasteiger partial charge >= 0.3 is 0 Å². The van der Waals surface area contributed by atoms with E-state index in [1.54, 1.807) is 0 Å². The number of aliphatic hydroxyl groups excluding tert-OH is 1. The van der Waals surface area contributed by atoms with E-state index in [0.717, 1.165) is 83.5 Å². The van der Waals surface area contributed by atoms with Crippen molar-refractivity contribution in [2.24, 2.45) is 0 Å². The summed E-state index contributed by atoms with van der Waals surface area (Å²) >= 11 is 0. The molecule has 0 saturated carbocycles. The number of rotatable bonds is 42. The zero-order chi connectivity index (χ0) is 41.1. The molecule has 56 heavy (non-hydrogen) atoms. The molecule has 0 heterocycles. The van der Waals surface area contributed by atoms with Crippen molar-refractivity contribution < 1.29 is 22.9 Å². The molecular weight excluding hydrogens is 715 g/mol. The number of hydrogen-bond donors (Lipinski definition) is 3. The van der Waals surface area contributed by atoms with Crippen LogP contribution in [0.15, 0.2) is 60.8 Å². The van der Waals surface area contributed by atoms with Gasteiger partial charge in [0.05, 0.1) is 17.9 Å². The molecule has 0 saturated heterocycles. The fourth-order valence-electron chi connectivity index (χ4n) is 7.01. The third-order valence-electron chi connectivity index (χ3n) is 10.5. The molecule has 2 unspecified atom stereocenters. The molecular formula is C49H89NO5S. The van der Waals surface area contributed by atoms with Gasteiger partial charge in [0.15, 0.2) is 0 Å². The molecule has 0 bridgehead atoms. The normalized spacial score (nSPS) is 13.7. The first-order valence-corrected chi connectivity index (χ1v) is 25.1. The molecule has 0 rings (SSSR count). The molecule has 0 fully saturated rings. The van der Waals surface area contributed by atoms with E-state index < -0.39 is 28.0 Å². The number of amides is 1. The summed E-state index contributed by atoms with van der Waals surface area (Å²) in [6, 6.07) is -0.980.